The molecule has 0 atom stereocenters. The van der Waals surface area contributed by atoms with Crippen molar-refractivity contribution in [2.75, 3.05) is 0 Å². The van der Waals surface area contributed by atoms with Crippen LogP contribution in [0.5, 0.6) is 11.6 Å². The van der Waals surface area contributed by atoms with Gasteiger partial charge in [0.1, 0.15) is 11.3 Å². The molecule has 110 valence electrons. The molecule has 0 amide bonds. The van der Waals surface area contributed by atoms with E-state index in [2.05, 4.69) is 10.2 Å². The zero-order chi connectivity index (χ0) is 15.0. The molecule has 1 aromatic heterocycles. The highest BCUT2D eigenvalue weighted by Gasteiger charge is 2.37. The number of rotatable bonds is 3. The molecule has 0 saturated heterocycles. The third kappa shape index (κ3) is 3.10. The second kappa shape index (κ2) is 5.18. The lowest BCUT2D eigenvalue weighted by Crippen LogP contribution is -2.09. The number of benzene rings is 1. The first-order valence-electron chi connectivity index (χ1n) is 6.32. The first kappa shape index (κ1) is 14.1. The average Bonchev–Trinajstić information content (AvgIpc) is 3.25. The van der Waals surface area contributed by atoms with Crippen molar-refractivity contribution >= 4 is 11.6 Å². The van der Waals surface area contributed by atoms with Gasteiger partial charge in [0.25, 0.3) is 5.88 Å². The molecular formula is C14H10ClF3N2O. The van der Waals surface area contributed by atoms with Crippen molar-refractivity contribution in [2.45, 2.75) is 24.9 Å². The Morgan fingerprint density at radius 1 is 1.14 bits per heavy atom. The molecule has 1 heterocycles. The van der Waals surface area contributed by atoms with Gasteiger partial charge in [-0.2, -0.15) is 13.2 Å². The molecule has 0 spiro atoms. The van der Waals surface area contributed by atoms with E-state index in [9.17, 15) is 13.2 Å². The standard InChI is InChI=1S/C14H10ClF3N2O/c15-12-7-10(14(16,17)18)13(20-19-12)21-11-4-2-1-3-9(11)8-5-6-8/h1-4,7-8H,5-6H2. The van der Waals surface area contributed by atoms with E-state index in [0.717, 1.165) is 18.4 Å². The third-order valence-corrected chi connectivity index (χ3v) is 3.36. The fourth-order valence-electron chi connectivity index (χ4n) is 2.04. The minimum atomic E-state index is -4.61. The fraction of sp³-hybridized carbons (Fsp3) is 0.286. The van der Waals surface area contributed by atoms with Crippen molar-refractivity contribution in [1.29, 1.82) is 0 Å². The Bertz CT molecular complexity index is 672. The zero-order valence-electron chi connectivity index (χ0n) is 10.7. The predicted molar refractivity (Wildman–Crippen MR) is 70.5 cm³/mol. The van der Waals surface area contributed by atoms with Crippen molar-refractivity contribution in [1.82, 2.24) is 10.2 Å². The van der Waals surface area contributed by atoms with Gasteiger partial charge in [0.15, 0.2) is 5.15 Å². The summed E-state index contributed by atoms with van der Waals surface area (Å²) in [6, 6.07) is 7.73. The Kier molecular flexibility index (Phi) is 3.49. The van der Waals surface area contributed by atoms with Gasteiger partial charge in [0.05, 0.1) is 0 Å². The Labute approximate surface area is 123 Å². The van der Waals surface area contributed by atoms with Gasteiger partial charge in [0.2, 0.25) is 0 Å². The number of ether oxygens (including phenoxy) is 1. The Morgan fingerprint density at radius 3 is 2.52 bits per heavy atom. The maximum Gasteiger partial charge on any atom is 0.421 e. The molecule has 1 fully saturated rings. The highest BCUT2D eigenvalue weighted by Crippen LogP contribution is 2.46. The number of nitrogens with zero attached hydrogens (tertiary/aromatic N) is 2. The molecule has 0 N–H and O–H groups in total. The molecule has 7 heteroatoms. The van der Waals surface area contributed by atoms with E-state index in [4.69, 9.17) is 16.3 Å². The quantitative estimate of drug-likeness (QED) is 0.814. The van der Waals surface area contributed by atoms with Crippen LogP contribution in [-0.2, 0) is 6.18 Å². The summed E-state index contributed by atoms with van der Waals surface area (Å²) in [7, 11) is 0. The highest BCUT2D eigenvalue weighted by molar-refractivity contribution is 6.29. The molecule has 0 radical (unpaired) electrons. The van der Waals surface area contributed by atoms with Crippen LogP contribution >= 0.6 is 11.6 Å². The van der Waals surface area contributed by atoms with Gasteiger partial charge in [-0.15, -0.1) is 10.2 Å². The second-order valence-corrected chi connectivity index (χ2v) is 5.19. The number of hydrogen-bond donors (Lipinski definition) is 0. The van der Waals surface area contributed by atoms with Gasteiger partial charge < -0.3 is 4.74 Å². The second-order valence-electron chi connectivity index (χ2n) is 4.80. The molecule has 21 heavy (non-hydrogen) atoms. The molecule has 3 nitrogen and oxygen atoms in total. The van der Waals surface area contributed by atoms with Gasteiger partial charge in [0, 0.05) is 0 Å². The molecule has 2 aromatic rings. The van der Waals surface area contributed by atoms with E-state index in [1.165, 1.54) is 0 Å². The smallest absolute Gasteiger partial charge is 0.421 e. The summed E-state index contributed by atoms with van der Waals surface area (Å²) in [6.07, 6.45) is -2.58. The van der Waals surface area contributed by atoms with Crippen LogP contribution in [0.2, 0.25) is 5.15 Å². The van der Waals surface area contributed by atoms with E-state index >= 15 is 0 Å². The maximum absolute atomic E-state index is 13.0. The van der Waals surface area contributed by atoms with Crippen molar-refractivity contribution in [2.24, 2.45) is 0 Å². The Morgan fingerprint density at radius 2 is 1.86 bits per heavy atom. The summed E-state index contributed by atoms with van der Waals surface area (Å²) in [5.74, 6) is 0.137. The third-order valence-electron chi connectivity index (χ3n) is 3.18. The van der Waals surface area contributed by atoms with Crippen LogP contribution in [0.3, 0.4) is 0 Å². The van der Waals surface area contributed by atoms with Gasteiger partial charge >= 0.3 is 6.18 Å². The van der Waals surface area contributed by atoms with Crippen molar-refractivity contribution in [3.63, 3.8) is 0 Å². The van der Waals surface area contributed by atoms with Crippen LogP contribution in [0, 0.1) is 0 Å². The van der Waals surface area contributed by atoms with Crippen LogP contribution in [-0.4, -0.2) is 10.2 Å². The van der Waals surface area contributed by atoms with Gasteiger partial charge in [-0.25, -0.2) is 0 Å². The fourth-order valence-corrected chi connectivity index (χ4v) is 2.19. The van der Waals surface area contributed by atoms with Gasteiger partial charge in [-0.1, -0.05) is 29.8 Å². The molecule has 0 aliphatic heterocycles. The van der Waals surface area contributed by atoms with E-state index < -0.39 is 17.6 Å². The number of para-hydroxylation sites is 1. The summed E-state index contributed by atoms with van der Waals surface area (Å²) in [6.45, 7) is 0. The topological polar surface area (TPSA) is 35.0 Å². The van der Waals surface area contributed by atoms with E-state index in [1.807, 2.05) is 12.1 Å². The van der Waals surface area contributed by atoms with Crippen LogP contribution in [0.1, 0.15) is 29.9 Å². The minimum Gasteiger partial charge on any atom is -0.437 e. The molecule has 0 unspecified atom stereocenters. The lowest BCUT2D eigenvalue weighted by molar-refractivity contribution is -0.139. The maximum atomic E-state index is 13.0. The van der Waals surface area contributed by atoms with Crippen LogP contribution in [0.4, 0.5) is 13.2 Å². The minimum absolute atomic E-state index is 0.329. The number of alkyl halides is 3. The number of halogens is 4. The average molecular weight is 315 g/mol. The molecule has 1 aromatic carbocycles. The van der Waals surface area contributed by atoms with Gasteiger partial charge in [-0.3, -0.25) is 0 Å². The van der Waals surface area contributed by atoms with Crippen molar-refractivity contribution in [3.05, 3.63) is 46.6 Å². The molecule has 1 aliphatic carbocycles. The number of hydrogen-bond acceptors (Lipinski definition) is 3. The summed E-state index contributed by atoms with van der Waals surface area (Å²) >= 11 is 5.49. The molecule has 1 aliphatic rings. The first-order chi connectivity index (χ1) is 9.95. The highest BCUT2D eigenvalue weighted by atomic mass is 35.5. The van der Waals surface area contributed by atoms with Crippen LogP contribution in [0.25, 0.3) is 0 Å². The first-order valence-corrected chi connectivity index (χ1v) is 6.70. The predicted octanol–water partition coefficient (Wildman–Crippen LogP) is 4.82. The van der Waals surface area contributed by atoms with E-state index in [0.29, 0.717) is 17.7 Å². The molecular weight excluding hydrogens is 305 g/mol. The summed E-state index contributed by atoms with van der Waals surface area (Å²) in [5, 5.41) is 6.54. The molecule has 3 rings (SSSR count). The summed E-state index contributed by atoms with van der Waals surface area (Å²) in [5.41, 5.74) is -0.143. The Hall–Kier alpha value is -1.82. The Balaban J connectivity index is 1.99. The van der Waals surface area contributed by atoms with E-state index in [-0.39, 0.29) is 5.15 Å². The van der Waals surface area contributed by atoms with Crippen molar-refractivity contribution < 1.29 is 17.9 Å². The summed E-state index contributed by atoms with van der Waals surface area (Å²) in [4.78, 5) is 0. The normalized spacial score (nSPS) is 15.0. The SMILES string of the molecule is FC(F)(F)c1cc(Cl)nnc1Oc1ccccc1C1CC1. The lowest BCUT2D eigenvalue weighted by Gasteiger charge is -2.14. The van der Waals surface area contributed by atoms with Crippen molar-refractivity contribution in [3.8, 4) is 11.6 Å². The van der Waals surface area contributed by atoms with Crippen LogP contribution < -0.4 is 4.74 Å². The van der Waals surface area contributed by atoms with Crippen LogP contribution in [0.15, 0.2) is 30.3 Å². The van der Waals surface area contributed by atoms with Gasteiger partial charge in [-0.05, 0) is 36.5 Å². The lowest BCUT2D eigenvalue weighted by atomic mass is 10.1. The monoisotopic (exact) mass is 314 g/mol. The molecule has 0 bridgehead atoms. The summed E-state index contributed by atoms with van der Waals surface area (Å²) < 4.78 is 44.4. The zero-order valence-corrected chi connectivity index (χ0v) is 11.4. The number of aromatic nitrogens is 2. The molecule has 1 saturated carbocycles. The van der Waals surface area contributed by atoms with E-state index in [1.54, 1.807) is 12.1 Å². The largest absolute Gasteiger partial charge is 0.437 e.